The van der Waals surface area contributed by atoms with Crippen LogP contribution >= 0.6 is 0 Å². The predicted molar refractivity (Wildman–Crippen MR) is 65.3 cm³/mol. The maximum Gasteiger partial charge on any atom is 0.307 e. The summed E-state index contributed by atoms with van der Waals surface area (Å²) in [6.07, 6.45) is 2.99. The average molecular weight is 268 g/mol. The first-order valence-corrected chi connectivity index (χ1v) is 5.77. The molecule has 0 aliphatic heterocycles. The van der Waals surface area contributed by atoms with Gasteiger partial charge in [-0.2, -0.15) is 0 Å². The van der Waals surface area contributed by atoms with E-state index < -0.39 is 0 Å². The van der Waals surface area contributed by atoms with Crippen molar-refractivity contribution in [1.82, 2.24) is 10.6 Å². The molecule has 0 radical (unpaired) electrons. The van der Waals surface area contributed by atoms with E-state index in [4.69, 9.17) is 4.42 Å². The van der Waals surface area contributed by atoms with Gasteiger partial charge in [0.15, 0.2) is 0 Å². The summed E-state index contributed by atoms with van der Waals surface area (Å²) >= 11 is 0. The highest BCUT2D eigenvalue weighted by Crippen LogP contribution is 1.98. The highest BCUT2D eigenvalue weighted by molar-refractivity contribution is 5.94. The number of carbonyl (C=O) groups is 3. The van der Waals surface area contributed by atoms with E-state index in [1.165, 1.54) is 25.7 Å². The molecule has 0 saturated heterocycles. The summed E-state index contributed by atoms with van der Waals surface area (Å²) in [6, 6.07) is 1.53. The Hall–Kier alpha value is -2.31. The largest absolute Gasteiger partial charge is 0.472 e. The third-order valence-electron chi connectivity index (χ3n) is 2.30. The maximum absolute atomic E-state index is 11.5. The fourth-order valence-corrected chi connectivity index (χ4v) is 1.28. The molecule has 1 aromatic heterocycles. The lowest BCUT2D eigenvalue weighted by molar-refractivity contribution is -0.140. The van der Waals surface area contributed by atoms with Gasteiger partial charge in [0, 0.05) is 19.5 Å². The van der Waals surface area contributed by atoms with Crippen LogP contribution in [0, 0.1) is 0 Å². The molecular weight excluding hydrogens is 252 g/mol. The molecule has 2 amide bonds. The zero-order valence-electron chi connectivity index (χ0n) is 10.6. The summed E-state index contributed by atoms with van der Waals surface area (Å²) in [4.78, 5) is 33.6. The minimum absolute atomic E-state index is 0.129. The summed E-state index contributed by atoms with van der Waals surface area (Å²) < 4.78 is 9.20. The Morgan fingerprint density at radius 2 is 1.95 bits per heavy atom. The van der Waals surface area contributed by atoms with Gasteiger partial charge >= 0.3 is 5.97 Å². The van der Waals surface area contributed by atoms with Crippen LogP contribution in [0.4, 0.5) is 0 Å². The number of nitrogens with one attached hydrogen (secondary N) is 2. The van der Waals surface area contributed by atoms with Crippen molar-refractivity contribution in [3.63, 3.8) is 0 Å². The van der Waals surface area contributed by atoms with Gasteiger partial charge in [-0.1, -0.05) is 0 Å². The summed E-state index contributed by atoms with van der Waals surface area (Å²) in [6.45, 7) is 0.440. The van der Waals surface area contributed by atoms with Gasteiger partial charge in [0.2, 0.25) is 5.91 Å². The summed E-state index contributed by atoms with van der Waals surface area (Å²) in [7, 11) is 1.29. The third kappa shape index (κ3) is 5.71. The molecule has 0 bridgehead atoms. The monoisotopic (exact) mass is 268 g/mol. The lowest BCUT2D eigenvalue weighted by Gasteiger charge is -2.05. The Morgan fingerprint density at radius 3 is 2.58 bits per heavy atom. The molecule has 0 saturated carbocycles. The number of amides is 2. The molecule has 1 aromatic rings. The van der Waals surface area contributed by atoms with Gasteiger partial charge in [-0.25, -0.2) is 0 Å². The molecule has 7 nitrogen and oxygen atoms in total. The van der Waals surface area contributed by atoms with Crippen LogP contribution < -0.4 is 10.6 Å². The molecule has 2 N–H and O–H groups in total. The van der Waals surface area contributed by atoms with Crippen LogP contribution in [-0.4, -0.2) is 38.0 Å². The fourth-order valence-electron chi connectivity index (χ4n) is 1.28. The SMILES string of the molecule is COC(=O)CCNC(=O)CCNC(=O)c1ccoc1. The first-order chi connectivity index (χ1) is 9.13. The average Bonchev–Trinajstić information content (AvgIpc) is 2.92. The van der Waals surface area contributed by atoms with Crippen LogP contribution in [0.5, 0.6) is 0 Å². The van der Waals surface area contributed by atoms with Gasteiger partial charge in [0.05, 0.1) is 25.4 Å². The topological polar surface area (TPSA) is 97.6 Å². The molecule has 0 aliphatic carbocycles. The minimum atomic E-state index is -0.381. The zero-order chi connectivity index (χ0) is 14.1. The molecule has 104 valence electrons. The summed E-state index contributed by atoms with van der Waals surface area (Å²) in [5, 5.41) is 5.12. The van der Waals surface area contributed by atoms with Crippen molar-refractivity contribution in [1.29, 1.82) is 0 Å². The van der Waals surface area contributed by atoms with Gasteiger partial charge in [-0.3, -0.25) is 14.4 Å². The first kappa shape index (κ1) is 14.7. The van der Waals surface area contributed by atoms with E-state index in [2.05, 4.69) is 15.4 Å². The zero-order valence-corrected chi connectivity index (χ0v) is 10.6. The van der Waals surface area contributed by atoms with Crippen LogP contribution in [0.1, 0.15) is 23.2 Å². The number of hydrogen-bond donors (Lipinski definition) is 2. The molecule has 0 atom stereocenters. The Labute approximate surface area is 110 Å². The lowest BCUT2D eigenvalue weighted by atomic mass is 10.3. The second-order valence-electron chi connectivity index (χ2n) is 3.69. The van der Waals surface area contributed by atoms with Crippen molar-refractivity contribution < 1.29 is 23.5 Å². The van der Waals surface area contributed by atoms with Crippen molar-refractivity contribution in [2.75, 3.05) is 20.2 Å². The van der Waals surface area contributed by atoms with Crippen LogP contribution in [0.15, 0.2) is 23.0 Å². The Bertz CT molecular complexity index is 427. The number of hydrogen-bond acceptors (Lipinski definition) is 5. The second-order valence-corrected chi connectivity index (χ2v) is 3.69. The van der Waals surface area contributed by atoms with E-state index in [9.17, 15) is 14.4 Å². The number of esters is 1. The van der Waals surface area contributed by atoms with E-state index in [0.29, 0.717) is 5.56 Å². The predicted octanol–water partition coefficient (Wildman–Crippen LogP) is 0.0788. The lowest BCUT2D eigenvalue weighted by Crippen LogP contribution is -2.31. The van der Waals surface area contributed by atoms with Crippen LogP contribution in [0.3, 0.4) is 0 Å². The first-order valence-electron chi connectivity index (χ1n) is 5.77. The molecule has 1 rings (SSSR count). The molecule has 0 aliphatic rings. The van der Waals surface area contributed by atoms with Crippen molar-refractivity contribution in [2.45, 2.75) is 12.8 Å². The van der Waals surface area contributed by atoms with E-state index in [0.717, 1.165) is 0 Å². The highest BCUT2D eigenvalue weighted by atomic mass is 16.5. The van der Waals surface area contributed by atoms with E-state index in [1.54, 1.807) is 0 Å². The van der Waals surface area contributed by atoms with Crippen molar-refractivity contribution in [2.24, 2.45) is 0 Å². The smallest absolute Gasteiger partial charge is 0.307 e. The standard InChI is InChI=1S/C12H16N2O5/c1-18-11(16)3-6-13-10(15)2-5-14-12(17)9-4-7-19-8-9/h4,7-8H,2-3,5-6H2,1H3,(H,13,15)(H,14,17). The summed E-state index contributed by atoms with van der Waals surface area (Å²) in [5.74, 6) is -0.916. The molecule has 0 spiro atoms. The van der Waals surface area contributed by atoms with Crippen LogP contribution in [0.2, 0.25) is 0 Å². The van der Waals surface area contributed by atoms with Gasteiger partial charge in [0.1, 0.15) is 6.26 Å². The van der Waals surface area contributed by atoms with Gasteiger partial charge in [-0.05, 0) is 6.07 Å². The van der Waals surface area contributed by atoms with E-state index >= 15 is 0 Å². The number of carbonyl (C=O) groups excluding carboxylic acids is 3. The number of rotatable bonds is 7. The van der Waals surface area contributed by atoms with E-state index in [1.807, 2.05) is 0 Å². The normalized spacial score (nSPS) is 9.74. The molecular formula is C12H16N2O5. The van der Waals surface area contributed by atoms with Crippen LogP contribution in [0.25, 0.3) is 0 Å². The highest BCUT2D eigenvalue weighted by Gasteiger charge is 2.07. The van der Waals surface area contributed by atoms with E-state index in [-0.39, 0.29) is 43.7 Å². The second kappa shape index (κ2) is 7.91. The Balaban J connectivity index is 2.10. The number of ether oxygens (including phenoxy) is 1. The Morgan fingerprint density at radius 1 is 1.21 bits per heavy atom. The molecule has 0 fully saturated rings. The van der Waals surface area contributed by atoms with Crippen molar-refractivity contribution in [3.8, 4) is 0 Å². The molecule has 7 heteroatoms. The minimum Gasteiger partial charge on any atom is -0.472 e. The quantitative estimate of drug-likeness (QED) is 0.682. The Kier molecular flexibility index (Phi) is 6.14. The van der Waals surface area contributed by atoms with Crippen LogP contribution in [-0.2, 0) is 14.3 Å². The van der Waals surface area contributed by atoms with Gasteiger partial charge in [-0.15, -0.1) is 0 Å². The summed E-state index contributed by atoms with van der Waals surface area (Å²) in [5.41, 5.74) is 0.408. The molecule has 0 unspecified atom stereocenters. The van der Waals surface area contributed by atoms with Crippen molar-refractivity contribution >= 4 is 17.8 Å². The third-order valence-corrected chi connectivity index (χ3v) is 2.30. The maximum atomic E-state index is 11.5. The molecule has 19 heavy (non-hydrogen) atoms. The molecule has 1 heterocycles. The fraction of sp³-hybridized carbons (Fsp3) is 0.417. The van der Waals surface area contributed by atoms with Crippen molar-refractivity contribution in [3.05, 3.63) is 24.2 Å². The number of furan rings is 1. The molecule has 0 aromatic carbocycles. The van der Waals surface area contributed by atoms with Gasteiger partial charge in [0.25, 0.3) is 5.91 Å². The van der Waals surface area contributed by atoms with Gasteiger partial charge < -0.3 is 19.8 Å². The number of methoxy groups -OCH3 is 1.